The van der Waals surface area contributed by atoms with Crippen LogP contribution in [0.25, 0.3) is 21.5 Å². The van der Waals surface area contributed by atoms with Gasteiger partial charge in [0.05, 0.1) is 5.60 Å². The Hall–Kier alpha value is -2.06. The van der Waals surface area contributed by atoms with Crippen molar-refractivity contribution in [3.8, 4) is 5.75 Å². The van der Waals surface area contributed by atoms with Crippen molar-refractivity contribution in [3.05, 3.63) is 54.1 Å². The second-order valence-corrected chi connectivity index (χ2v) is 5.44. The molecule has 0 saturated heterocycles. The van der Waals surface area contributed by atoms with Crippen molar-refractivity contribution in [2.75, 3.05) is 0 Å². The quantitative estimate of drug-likeness (QED) is 0.644. The van der Waals surface area contributed by atoms with E-state index < -0.39 is 5.60 Å². The summed E-state index contributed by atoms with van der Waals surface area (Å²) in [6, 6.07) is 15.4. The van der Waals surface area contributed by atoms with Gasteiger partial charge in [-0.05, 0) is 53.8 Å². The van der Waals surface area contributed by atoms with E-state index in [9.17, 15) is 10.2 Å². The van der Waals surface area contributed by atoms with Crippen LogP contribution >= 0.6 is 0 Å². The Labute approximate surface area is 111 Å². The van der Waals surface area contributed by atoms with E-state index in [-0.39, 0.29) is 5.75 Å². The minimum absolute atomic E-state index is 0.268. The molecule has 0 fully saturated rings. The lowest BCUT2D eigenvalue weighted by atomic mass is 9.91. The average molecular weight is 252 g/mol. The summed E-state index contributed by atoms with van der Waals surface area (Å²) in [5, 5.41) is 24.1. The van der Waals surface area contributed by atoms with Gasteiger partial charge >= 0.3 is 0 Å². The smallest absolute Gasteiger partial charge is 0.123 e. The summed E-state index contributed by atoms with van der Waals surface area (Å²) in [7, 11) is 0. The third kappa shape index (κ3) is 1.94. The number of phenols is 1. The largest absolute Gasteiger partial charge is 0.507 e. The Morgan fingerprint density at radius 1 is 0.842 bits per heavy atom. The van der Waals surface area contributed by atoms with Gasteiger partial charge in [-0.15, -0.1) is 0 Å². The van der Waals surface area contributed by atoms with Crippen LogP contribution in [0.4, 0.5) is 0 Å². The standard InChI is InChI=1S/C17H16O2/c1-17(2,19)15-7-3-5-11-9-12-6-4-8-16(18)14(12)10-13(11)15/h3-10,18-19H,1-2H3. The molecule has 0 aliphatic rings. The third-order valence-corrected chi connectivity index (χ3v) is 3.52. The Morgan fingerprint density at radius 2 is 1.47 bits per heavy atom. The van der Waals surface area contributed by atoms with E-state index in [4.69, 9.17) is 0 Å². The molecule has 0 radical (unpaired) electrons. The molecule has 0 heterocycles. The number of hydrogen-bond acceptors (Lipinski definition) is 2. The maximum atomic E-state index is 10.3. The topological polar surface area (TPSA) is 40.5 Å². The molecule has 96 valence electrons. The van der Waals surface area contributed by atoms with Crippen molar-refractivity contribution in [1.82, 2.24) is 0 Å². The molecule has 0 spiro atoms. The highest BCUT2D eigenvalue weighted by atomic mass is 16.3. The van der Waals surface area contributed by atoms with Gasteiger partial charge in [-0.25, -0.2) is 0 Å². The molecule has 2 heteroatoms. The van der Waals surface area contributed by atoms with Crippen LogP contribution in [0, 0.1) is 0 Å². The lowest BCUT2D eigenvalue weighted by molar-refractivity contribution is 0.0802. The number of fused-ring (bicyclic) bond motifs is 2. The minimum Gasteiger partial charge on any atom is -0.507 e. The van der Waals surface area contributed by atoms with Crippen LogP contribution < -0.4 is 0 Å². The van der Waals surface area contributed by atoms with E-state index in [1.807, 2.05) is 42.5 Å². The summed E-state index contributed by atoms with van der Waals surface area (Å²) in [5.74, 6) is 0.268. The molecule has 2 nitrogen and oxygen atoms in total. The first-order valence-corrected chi connectivity index (χ1v) is 6.34. The van der Waals surface area contributed by atoms with E-state index in [2.05, 4.69) is 0 Å². The normalized spacial score (nSPS) is 12.2. The van der Waals surface area contributed by atoms with Crippen molar-refractivity contribution in [1.29, 1.82) is 0 Å². The predicted molar refractivity (Wildman–Crippen MR) is 78.4 cm³/mol. The van der Waals surface area contributed by atoms with Crippen LogP contribution in [0.15, 0.2) is 48.5 Å². The Morgan fingerprint density at radius 3 is 2.16 bits per heavy atom. The summed E-state index contributed by atoms with van der Waals surface area (Å²) in [4.78, 5) is 0. The molecule has 19 heavy (non-hydrogen) atoms. The fourth-order valence-corrected chi connectivity index (χ4v) is 2.57. The molecule has 2 N–H and O–H groups in total. The van der Waals surface area contributed by atoms with Crippen LogP contribution in [0.1, 0.15) is 19.4 Å². The van der Waals surface area contributed by atoms with Crippen LogP contribution in [0.3, 0.4) is 0 Å². The molecule has 3 rings (SSSR count). The lowest BCUT2D eigenvalue weighted by Crippen LogP contribution is -2.15. The number of hydrogen-bond donors (Lipinski definition) is 2. The van der Waals surface area contributed by atoms with Gasteiger partial charge in [0.15, 0.2) is 0 Å². The Kier molecular flexibility index (Phi) is 2.51. The number of phenolic OH excluding ortho intramolecular Hbond substituents is 1. The van der Waals surface area contributed by atoms with Gasteiger partial charge < -0.3 is 10.2 Å². The van der Waals surface area contributed by atoms with Gasteiger partial charge in [-0.3, -0.25) is 0 Å². The number of benzene rings is 3. The fourth-order valence-electron chi connectivity index (χ4n) is 2.57. The molecular weight excluding hydrogens is 236 g/mol. The maximum absolute atomic E-state index is 10.3. The average Bonchev–Trinajstić information content (AvgIpc) is 2.35. The summed E-state index contributed by atoms with van der Waals surface area (Å²) in [6.45, 7) is 3.55. The van der Waals surface area contributed by atoms with Gasteiger partial charge in [0, 0.05) is 5.39 Å². The second kappa shape index (κ2) is 3.97. The molecule has 0 amide bonds. The summed E-state index contributed by atoms with van der Waals surface area (Å²) < 4.78 is 0. The van der Waals surface area contributed by atoms with Crippen LogP contribution in [-0.2, 0) is 5.60 Å². The van der Waals surface area contributed by atoms with E-state index in [0.29, 0.717) is 0 Å². The van der Waals surface area contributed by atoms with Crippen molar-refractivity contribution in [2.24, 2.45) is 0 Å². The highest BCUT2D eigenvalue weighted by Gasteiger charge is 2.19. The van der Waals surface area contributed by atoms with E-state index in [0.717, 1.165) is 27.1 Å². The summed E-state index contributed by atoms with van der Waals surface area (Å²) in [5.41, 5.74) is -0.0347. The third-order valence-electron chi connectivity index (χ3n) is 3.52. The van der Waals surface area contributed by atoms with Gasteiger partial charge in [-0.1, -0.05) is 30.3 Å². The predicted octanol–water partition coefficient (Wildman–Crippen LogP) is 3.93. The Balaban J connectivity index is 2.46. The van der Waals surface area contributed by atoms with Crippen LogP contribution in [0.5, 0.6) is 5.75 Å². The first kappa shape index (κ1) is 12.0. The second-order valence-electron chi connectivity index (χ2n) is 5.44. The van der Waals surface area contributed by atoms with E-state index >= 15 is 0 Å². The Bertz CT molecular complexity index is 767. The molecular formula is C17H16O2. The highest BCUT2D eigenvalue weighted by molar-refractivity contribution is 6.02. The summed E-state index contributed by atoms with van der Waals surface area (Å²) >= 11 is 0. The first-order chi connectivity index (χ1) is 8.97. The molecule has 0 unspecified atom stereocenters. The van der Waals surface area contributed by atoms with Gasteiger partial charge in [0.1, 0.15) is 5.75 Å². The summed E-state index contributed by atoms with van der Waals surface area (Å²) in [6.07, 6.45) is 0. The van der Waals surface area contributed by atoms with Crippen molar-refractivity contribution >= 4 is 21.5 Å². The lowest BCUT2D eigenvalue weighted by Gasteiger charge is -2.20. The van der Waals surface area contributed by atoms with E-state index in [1.54, 1.807) is 19.9 Å². The zero-order chi connectivity index (χ0) is 13.6. The molecule has 0 aliphatic carbocycles. The van der Waals surface area contributed by atoms with Gasteiger partial charge in [0.2, 0.25) is 0 Å². The molecule has 0 bridgehead atoms. The van der Waals surface area contributed by atoms with Gasteiger partial charge in [-0.2, -0.15) is 0 Å². The van der Waals surface area contributed by atoms with Crippen molar-refractivity contribution < 1.29 is 10.2 Å². The molecule has 0 saturated carbocycles. The zero-order valence-electron chi connectivity index (χ0n) is 11.0. The van der Waals surface area contributed by atoms with Crippen LogP contribution in [-0.4, -0.2) is 10.2 Å². The van der Waals surface area contributed by atoms with E-state index in [1.165, 1.54) is 0 Å². The molecule has 3 aromatic carbocycles. The monoisotopic (exact) mass is 252 g/mol. The SMILES string of the molecule is CC(C)(O)c1cccc2cc3cccc(O)c3cc12. The maximum Gasteiger partial charge on any atom is 0.123 e. The number of aromatic hydroxyl groups is 1. The fraction of sp³-hybridized carbons (Fsp3) is 0.176. The number of rotatable bonds is 1. The molecule has 3 aromatic rings. The minimum atomic E-state index is -0.905. The molecule has 0 aliphatic heterocycles. The zero-order valence-corrected chi connectivity index (χ0v) is 11.0. The van der Waals surface area contributed by atoms with Crippen LogP contribution in [0.2, 0.25) is 0 Å². The van der Waals surface area contributed by atoms with Crippen molar-refractivity contribution in [2.45, 2.75) is 19.4 Å². The first-order valence-electron chi connectivity index (χ1n) is 6.34. The van der Waals surface area contributed by atoms with Crippen molar-refractivity contribution in [3.63, 3.8) is 0 Å². The molecule has 0 atom stereocenters. The number of aliphatic hydroxyl groups is 1. The highest BCUT2D eigenvalue weighted by Crippen LogP contribution is 2.34. The molecule has 0 aromatic heterocycles. The van der Waals surface area contributed by atoms with Gasteiger partial charge in [0.25, 0.3) is 0 Å².